The lowest BCUT2D eigenvalue weighted by Crippen LogP contribution is -2.23. The second kappa shape index (κ2) is 6.84. The van der Waals surface area contributed by atoms with Crippen molar-refractivity contribution in [3.05, 3.63) is 23.3 Å². The molecule has 86 valence electrons. The Hall–Kier alpha value is -0.560. The molecule has 1 nitrogen and oxygen atoms in total. The third-order valence-electron chi connectivity index (χ3n) is 3.17. The summed E-state index contributed by atoms with van der Waals surface area (Å²) in [4.78, 5) is 2.45. The first-order valence-corrected chi connectivity index (χ1v) is 6.42. The van der Waals surface area contributed by atoms with Gasteiger partial charge in [0, 0.05) is 6.54 Å². The second-order valence-corrected chi connectivity index (χ2v) is 4.23. The van der Waals surface area contributed by atoms with E-state index < -0.39 is 0 Å². The summed E-state index contributed by atoms with van der Waals surface area (Å²) in [6, 6.07) is 0. The summed E-state index contributed by atoms with van der Waals surface area (Å²) in [5, 5.41) is 0. The minimum absolute atomic E-state index is 1.24. The predicted molar refractivity (Wildman–Crippen MR) is 68.1 cm³/mol. The molecular weight excluding hydrogens is 182 g/mol. The van der Waals surface area contributed by atoms with E-state index in [1.165, 1.54) is 45.2 Å². The molecule has 1 heteroatoms. The second-order valence-electron chi connectivity index (χ2n) is 4.23. The molecule has 0 saturated heterocycles. The zero-order valence-corrected chi connectivity index (χ0v) is 10.6. The quantitative estimate of drug-likeness (QED) is 0.584. The van der Waals surface area contributed by atoms with Crippen molar-refractivity contribution in [3.63, 3.8) is 0 Å². The molecule has 2 rings (SSSR count). The molecule has 0 aromatic heterocycles. The van der Waals surface area contributed by atoms with E-state index in [0.29, 0.717) is 0 Å². The van der Waals surface area contributed by atoms with Crippen LogP contribution in [0.2, 0.25) is 0 Å². The lowest BCUT2D eigenvalue weighted by Gasteiger charge is -2.24. The summed E-state index contributed by atoms with van der Waals surface area (Å²) >= 11 is 0. The third-order valence-corrected chi connectivity index (χ3v) is 3.17. The van der Waals surface area contributed by atoms with Crippen LogP contribution < -0.4 is 0 Å². The fourth-order valence-electron chi connectivity index (χ4n) is 2.29. The Morgan fingerprint density at radius 3 is 2.67 bits per heavy atom. The molecule has 1 heterocycles. The Bertz CT molecular complexity index is 238. The van der Waals surface area contributed by atoms with Crippen LogP contribution in [-0.4, -0.2) is 25.0 Å². The summed E-state index contributed by atoms with van der Waals surface area (Å²) in [5.74, 6) is 0. The van der Waals surface area contributed by atoms with E-state index in [1.807, 2.05) is 13.8 Å². The minimum Gasteiger partial charge on any atom is -0.306 e. The van der Waals surface area contributed by atoms with Gasteiger partial charge in [-0.3, -0.25) is 0 Å². The summed E-state index contributed by atoms with van der Waals surface area (Å²) in [6.07, 6.45) is 11.2. The van der Waals surface area contributed by atoms with Gasteiger partial charge in [-0.05, 0) is 51.3 Å². The van der Waals surface area contributed by atoms with Crippen LogP contribution in [-0.2, 0) is 0 Å². The maximum atomic E-state index is 2.45. The molecule has 0 fully saturated rings. The van der Waals surface area contributed by atoms with Gasteiger partial charge in [0.25, 0.3) is 0 Å². The summed E-state index contributed by atoms with van der Waals surface area (Å²) in [7, 11) is 2.23. The molecule has 0 atom stereocenters. The van der Waals surface area contributed by atoms with Crippen molar-refractivity contribution in [2.45, 2.75) is 46.0 Å². The van der Waals surface area contributed by atoms with Gasteiger partial charge in [-0.25, -0.2) is 0 Å². The number of hydrogen-bond donors (Lipinski definition) is 0. The highest BCUT2D eigenvalue weighted by Gasteiger charge is 2.12. The Kier molecular flexibility index (Phi) is 5.70. The topological polar surface area (TPSA) is 3.24 Å². The highest BCUT2D eigenvalue weighted by molar-refractivity contribution is 5.30. The Morgan fingerprint density at radius 2 is 1.87 bits per heavy atom. The average molecular weight is 207 g/mol. The van der Waals surface area contributed by atoms with Crippen LogP contribution in [0.4, 0.5) is 0 Å². The largest absolute Gasteiger partial charge is 0.306 e. The minimum atomic E-state index is 1.24. The average Bonchev–Trinajstić information content (AvgIpc) is 2.28. The molecule has 0 aromatic carbocycles. The lowest BCUT2D eigenvalue weighted by molar-refractivity contribution is 0.326. The maximum Gasteiger partial charge on any atom is 0.00188 e. The fourth-order valence-corrected chi connectivity index (χ4v) is 2.29. The molecule has 0 amide bonds. The molecule has 0 spiro atoms. The van der Waals surface area contributed by atoms with Gasteiger partial charge in [0.1, 0.15) is 0 Å². The van der Waals surface area contributed by atoms with Crippen LogP contribution in [0.1, 0.15) is 46.0 Å². The molecule has 15 heavy (non-hydrogen) atoms. The maximum absolute atomic E-state index is 2.45. The summed E-state index contributed by atoms with van der Waals surface area (Å²) in [5.41, 5.74) is 3.38. The van der Waals surface area contributed by atoms with E-state index in [-0.39, 0.29) is 0 Å². The van der Waals surface area contributed by atoms with Gasteiger partial charge >= 0.3 is 0 Å². The van der Waals surface area contributed by atoms with Gasteiger partial charge in [0.2, 0.25) is 0 Å². The van der Waals surface area contributed by atoms with E-state index >= 15 is 0 Å². The smallest absolute Gasteiger partial charge is 0.00188 e. The Labute approximate surface area is 94.9 Å². The van der Waals surface area contributed by atoms with Gasteiger partial charge in [0.15, 0.2) is 0 Å². The lowest BCUT2D eigenvalue weighted by atomic mass is 9.91. The molecule has 0 bridgehead atoms. The summed E-state index contributed by atoms with van der Waals surface area (Å²) < 4.78 is 0. The first-order valence-electron chi connectivity index (χ1n) is 6.42. The van der Waals surface area contributed by atoms with Crippen molar-refractivity contribution in [1.29, 1.82) is 0 Å². The van der Waals surface area contributed by atoms with Crippen LogP contribution in [0.15, 0.2) is 23.3 Å². The molecule has 1 aliphatic carbocycles. The zero-order chi connectivity index (χ0) is 11.1. The number of rotatable bonds is 0. The van der Waals surface area contributed by atoms with Gasteiger partial charge in [-0.15, -0.1) is 0 Å². The van der Waals surface area contributed by atoms with Gasteiger partial charge < -0.3 is 4.90 Å². The number of hydrogen-bond acceptors (Lipinski definition) is 1. The van der Waals surface area contributed by atoms with Crippen molar-refractivity contribution < 1.29 is 0 Å². The van der Waals surface area contributed by atoms with Gasteiger partial charge in [0.05, 0.1) is 0 Å². The van der Waals surface area contributed by atoms with Gasteiger partial charge in [-0.2, -0.15) is 0 Å². The van der Waals surface area contributed by atoms with Crippen LogP contribution in [0.3, 0.4) is 0 Å². The number of allylic oxidation sites excluding steroid dienone is 3. The SMILES string of the molecule is CC.CN1CCCC2=C(C=CCC2)CC1. The van der Waals surface area contributed by atoms with Crippen molar-refractivity contribution in [3.8, 4) is 0 Å². The molecule has 0 aromatic rings. The van der Waals surface area contributed by atoms with E-state index in [9.17, 15) is 0 Å². The van der Waals surface area contributed by atoms with Crippen molar-refractivity contribution in [2.24, 2.45) is 0 Å². The molecule has 0 saturated carbocycles. The normalized spacial score (nSPS) is 22.3. The van der Waals surface area contributed by atoms with Crippen molar-refractivity contribution in [1.82, 2.24) is 4.90 Å². The third kappa shape index (κ3) is 3.83. The van der Waals surface area contributed by atoms with Crippen LogP contribution in [0.25, 0.3) is 0 Å². The molecule has 0 radical (unpaired) electrons. The van der Waals surface area contributed by atoms with E-state index in [2.05, 4.69) is 24.1 Å². The van der Waals surface area contributed by atoms with E-state index in [0.717, 1.165) is 0 Å². The predicted octanol–water partition coefficient (Wildman–Crippen LogP) is 3.77. The Balaban J connectivity index is 0.000000531. The summed E-state index contributed by atoms with van der Waals surface area (Å²) in [6.45, 7) is 6.52. The molecular formula is C14H25N. The van der Waals surface area contributed by atoms with Crippen LogP contribution >= 0.6 is 0 Å². The Morgan fingerprint density at radius 1 is 1.07 bits per heavy atom. The van der Waals surface area contributed by atoms with Crippen LogP contribution in [0.5, 0.6) is 0 Å². The molecule has 0 N–H and O–H groups in total. The van der Waals surface area contributed by atoms with E-state index in [4.69, 9.17) is 0 Å². The molecule has 0 unspecified atom stereocenters. The first kappa shape index (κ1) is 12.5. The van der Waals surface area contributed by atoms with Gasteiger partial charge in [-0.1, -0.05) is 31.6 Å². The molecule has 2 aliphatic rings. The standard InChI is InChI=1S/C12H19N.C2H6/c1-13-9-4-7-11-5-2-3-6-12(11)8-10-13;1-2/h3,6H,2,4-5,7-10H2,1H3;1-2H3. The molecule has 1 aliphatic heterocycles. The first-order chi connectivity index (χ1) is 7.36. The van der Waals surface area contributed by atoms with E-state index in [1.54, 1.807) is 11.1 Å². The van der Waals surface area contributed by atoms with Crippen molar-refractivity contribution in [2.75, 3.05) is 20.1 Å². The van der Waals surface area contributed by atoms with Crippen molar-refractivity contribution >= 4 is 0 Å². The number of nitrogens with zero attached hydrogens (tertiary/aromatic N) is 1. The fraction of sp³-hybridized carbons (Fsp3) is 0.714. The zero-order valence-electron chi connectivity index (χ0n) is 10.6. The highest BCUT2D eigenvalue weighted by Crippen LogP contribution is 2.26. The van der Waals surface area contributed by atoms with Crippen LogP contribution in [0, 0.1) is 0 Å². The monoisotopic (exact) mass is 207 g/mol. The highest BCUT2D eigenvalue weighted by atomic mass is 15.1.